The van der Waals surface area contributed by atoms with Crippen LogP contribution in [0.25, 0.3) is 0 Å². The summed E-state index contributed by atoms with van der Waals surface area (Å²) in [5.74, 6) is -1.57. The van der Waals surface area contributed by atoms with E-state index in [0.717, 1.165) is 41.6 Å². The van der Waals surface area contributed by atoms with Crippen molar-refractivity contribution in [3.05, 3.63) is 65.2 Å². The van der Waals surface area contributed by atoms with Gasteiger partial charge < -0.3 is 15.7 Å². The van der Waals surface area contributed by atoms with Gasteiger partial charge in [-0.3, -0.25) is 9.59 Å². The lowest BCUT2D eigenvalue weighted by molar-refractivity contribution is -0.148. The summed E-state index contributed by atoms with van der Waals surface area (Å²) in [6.07, 6.45) is 8.23. The fourth-order valence-electron chi connectivity index (χ4n) is 5.63. The third kappa shape index (κ3) is 5.14. The van der Waals surface area contributed by atoms with Crippen molar-refractivity contribution in [2.45, 2.75) is 76.8 Å². The number of rotatable bonds is 7. The minimum Gasteiger partial charge on any atom is -0.481 e. The first-order valence-corrected chi connectivity index (χ1v) is 12.4. The number of carbonyl (C=O) groups is 2. The van der Waals surface area contributed by atoms with Gasteiger partial charge in [0.15, 0.2) is 0 Å². The molecule has 5 nitrogen and oxygen atoms in total. The number of para-hydroxylation sites is 1. The summed E-state index contributed by atoms with van der Waals surface area (Å²) in [5, 5.41) is 10.2. The Balaban J connectivity index is 1.64. The van der Waals surface area contributed by atoms with Gasteiger partial charge in [-0.25, -0.2) is 0 Å². The molecule has 1 fully saturated rings. The second kappa shape index (κ2) is 10.1. The summed E-state index contributed by atoms with van der Waals surface area (Å²) < 4.78 is 0. The highest BCUT2D eigenvalue weighted by molar-refractivity contribution is 6.03. The van der Waals surface area contributed by atoms with Gasteiger partial charge in [-0.05, 0) is 55.7 Å². The third-order valence-corrected chi connectivity index (χ3v) is 7.70. The smallest absolute Gasteiger partial charge is 0.308 e. The van der Waals surface area contributed by atoms with Crippen molar-refractivity contribution in [2.75, 3.05) is 4.90 Å². The number of fused-ring (bicyclic) bond motifs is 1. The first kappa shape index (κ1) is 23.5. The molecule has 0 unspecified atom stereocenters. The molecule has 1 amide bonds. The highest BCUT2D eigenvalue weighted by Gasteiger charge is 2.49. The molecule has 0 saturated heterocycles. The van der Waals surface area contributed by atoms with Crippen LogP contribution in [0.15, 0.2) is 48.5 Å². The SMILES string of the molecule is Cc1ccc(CN2C(=O)[C@@](N)([C@H](CCC3CCCCC3)C(=O)O)CCc3ccccc32)cc1. The molecule has 1 saturated carbocycles. The van der Waals surface area contributed by atoms with Gasteiger partial charge >= 0.3 is 5.97 Å². The molecule has 0 bridgehead atoms. The van der Waals surface area contributed by atoms with Crippen LogP contribution in [0.3, 0.4) is 0 Å². The summed E-state index contributed by atoms with van der Waals surface area (Å²) >= 11 is 0. The van der Waals surface area contributed by atoms with E-state index in [2.05, 4.69) is 0 Å². The topological polar surface area (TPSA) is 83.6 Å². The lowest BCUT2D eigenvalue weighted by Crippen LogP contribution is -2.61. The van der Waals surface area contributed by atoms with E-state index in [4.69, 9.17) is 5.73 Å². The van der Waals surface area contributed by atoms with Crippen molar-refractivity contribution in [1.29, 1.82) is 0 Å². The van der Waals surface area contributed by atoms with Crippen LogP contribution in [0.4, 0.5) is 5.69 Å². The first-order valence-electron chi connectivity index (χ1n) is 12.4. The van der Waals surface area contributed by atoms with Gasteiger partial charge in [-0.1, -0.05) is 80.1 Å². The fourth-order valence-corrected chi connectivity index (χ4v) is 5.63. The highest BCUT2D eigenvalue weighted by Crippen LogP contribution is 2.38. The Bertz CT molecular complexity index is 981. The molecular formula is C28H36N2O3. The molecule has 2 aromatic carbocycles. The molecule has 5 heteroatoms. The van der Waals surface area contributed by atoms with E-state index in [1.165, 1.54) is 19.3 Å². The van der Waals surface area contributed by atoms with E-state index >= 15 is 0 Å². The average molecular weight is 449 g/mol. The fraction of sp³-hybridized carbons (Fsp3) is 0.500. The van der Waals surface area contributed by atoms with Crippen LogP contribution in [0.5, 0.6) is 0 Å². The van der Waals surface area contributed by atoms with Gasteiger partial charge in [-0.2, -0.15) is 0 Å². The minimum atomic E-state index is -1.43. The minimum absolute atomic E-state index is 0.274. The lowest BCUT2D eigenvalue weighted by atomic mass is 9.75. The molecule has 0 aromatic heterocycles. The molecular weight excluding hydrogens is 412 g/mol. The molecule has 2 aromatic rings. The number of carbonyl (C=O) groups excluding carboxylic acids is 1. The number of nitrogens with zero attached hydrogens (tertiary/aromatic N) is 1. The molecule has 0 spiro atoms. The summed E-state index contributed by atoms with van der Waals surface area (Å²) in [6.45, 7) is 2.41. The summed E-state index contributed by atoms with van der Waals surface area (Å²) in [7, 11) is 0. The second-order valence-corrected chi connectivity index (χ2v) is 10.0. The largest absolute Gasteiger partial charge is 0.481 e. The summed E-state index contributed by atoms with van der Waals surface area (Å²) in [4.78, 5) is 28.2. The Kier molecular flexibility index (Phi) is 7.18. The van der Waals surface area contributed by atoms with Crippen LogP contribution < -0.4 is 10.6 Å². The second-order valence-electron chi connectivity index (χ2n) is 10.0. The van der Waals surface area contributed by atoms with Crippen molar-refractivity contribution < 1.29 is 14.7 Å². The Labute approximate surface area is 197 Å². The predicted octanol–water partition coefficient (Wildman–Crippen LogP) is 5.23. The Morgan fingerprint density at radius 2 is 1.82 bits per heavy atom. The van der Waals surface area contributed by atoms with E-state index in [0.29, 0.717) is 31.7 Å². The molecule has 176 valence electrons. The number of hydrogen-bond donors (Lipinski definition) is 2. The number of carboxylic acids is 1. The molecule has 2 atom stereocenters. The van der Waals surface area contributed by atoms with Gasteiger partial charge in [0.25, 0.3) is 0 Å². The molecule has 3 N–H and O–H groups in total. The number of benzene rings is 2. The number of amides is 1. The molecule has 2 aliphatic rings. The maximum atomic E-state index is 14.0. The Morgan fingerprint density at radius 1 is 1.12 bits per heavy atom. The molecule has 33 heavy (non-hydrogen) atoms. The Morgan fingerprint density at radius 3 is 2.52 bits per heavy atom. The van der Waals surface area contributed by atoms with Crippen molar-refractivity contribution in [1.82, 2.24) is 0 Å². The zero-order valence-electron chi connectivity index (χ0n) is 19.6. The standard InChI is InChI=1S/C28H36N2O3/c1-20-11-13-22(14-12-20)19-30-25-10-6-5-9-23(25)17-18-28(29,27(30)33)24(26(31)32)16-15-21-7-3-2-4-8-21/h5-6,9-14,21,24H,2-4,7-8,15-19,29H2,1H3,(H,31,32)/t24-,28+/m1/s1. The maximum absolute atomic E-state index is 14.0. The van der Waals surface area contributed by atoms with E-state index in [1.54, 1.807) is 4.90 Å². The van der Waals surface area contributed by atoms with E-state index in [-0.39, 0.29) is 5.91 Å². The zero-order chi connectivity index (χ0) is 23.4. The van der Waals surface area contributed by atoms with Crippen molar-refractivity contribution in [3.8, 4) is 0 Å². The number of nitrogens with two attached hydrogens (primary N) is 1. The van der Waals surface area contributed by atoms with Crippen LogP contribution in [-0.4, -0.2) is 22.5 Å². The van der Waals surface area contributed by atoms with E-state index in [1.807, 2.05) is 55.5 Å². The Hall–Kier alpha value is -2.66. The number of anilines is 1. The molecule has 1 aliphatic carbocycles. The normalized spacial score (nSPS) is 22.5. The van der Waals surface area contributed by atoms with Crippen LogP contribution >= 0.6 is 0 Å². The molecule has 0 radical (unpaired) electrons. The number of hydrogen-bond acceptors (Lipinski definition) is 3. The van der Waals surface area contributed by atoms with Crippen LogP contribution in [0, 0.1) is 18.8 Å². The predicted molar refractivity (Wildman–Crippen MR) is 131 cm³/mol. The van der Waals surface area contributed by atoms with Gasteiger partial charge in [0.1, 0.15) is 5.54 Å². The number of aliphatic carboxylic acids is 1. The maximum Gasteiger partial charge on any atom is 0.308 e. The number of carboxylic acid groups (broad SMARTS) is 1. The van der Waals surface area contributed by atoms with Crippen molar-refractivity contribution in [2.24, 2.45) is 17.6 Å². The van der Waals surface area contributed by atoms with E-state index < -0.39 is 17.4 Å². The first-order chi connectivity index (χ1) is 15.9. The average Bonchev–Trinajstić information content (AvgIpc) is 2.92. The summed E-state index contributed by atoms with van der Waals surface area (Å²) in [5.41, 5.74) is 9.45. The van der Waals surface area contributed by atoms with Crippen LogP contribution in [0.2, 0.25) is 0 Å². The third-order valence-electron chi connectivity index (χ3n) is 7.70. The molecule has 4 rings (SSSR count). The number of aryl methyl sites for hydroxylation is 2. The van der Waals surface area contributed by atoms with Gasteiger partial charge in [0, 0.05) is 5.69 Å². The van der Waals surface area contributed by atoms with Crippen molar-refractivity contribution >= 4 is 17.6 Å². The van der Waals surface area contributed by atoms with Crippen LogP contribution in [0.1, 0.15) is 68.1 Å². The van der Waals surface area contributed by atoms with E-state index in [9.17, 15) is 14.7 Å². The van der Waals surface area contributed by atoms with Gasteiger partial charge in [0.2, 0.25) is 5.91 Å². The quantitative estimate of drug-likeness (QED) is 0.607. The molecule has 1 heterocycles. The van der Waals surface area contributed by atoms with Gasteiger partial charge in [0.05, 0.1) is 12.5 Å². The van der Waals surface area contributed by atoms with Crippen LogP contribution in [-0.2, 0) is 22.6 Å². The summed E-state index contributed by atoms with van der Waals surface area (Å²) in [6, 6.07) is 16.0. The zero-order valence-corrected chi connectivity index (χ0v) is 19.6. The highest BCUT2D eigenvalue weighted by atomic mass is 16.4. The molecule has 1 aliphatic heterocycles. The van der Waals surface area contributed by atoms with Gasteiger partial charge in [-0.15, -0.1) is 0 Å². The van der Waals surface area contributed by atoms with Crippen molar-refractivity contribution in [3.63, 3.8) is 0 Å². The monoisotopic (exact) mass is 448 g/mol. The lowest BCUT2D eigenvalue weighted by Gasteiger charge is -2.37.